The van der Waals surface area contributed by atoms with Crippen LogP contribution in [0.1, 0.15) is 24.6 Å². The summed E-state index contributed by atoms with van der Waals surface area (Å²) < 4.78 is 0. The van der Waals surface area contributed by atoms with Crippen molar-refractivity contribution in [2.75, 3.05) is 6.54 Å². The molecular weight excluding hydrogens is 303 g/mol. The zero-order chi connectivity index (χ0) is 15.1. The fourth-order valence-corrected chi connectivity index (χ4v) is 2.70. The molecule has 112 valence electrons. The van der Waals surface area contributed by atoms with E-state index in [0.717, 1.165) is 31.5 Å². The number of rotatable bonds is 7. The van der Waals surface area contributed by atoms with Crippen LogP contribution in [-0.4, -0.2) is 17.6 Å². The van der Waals surface area contributed by atoms with E-state index in [2.05, 4.69) is 23.3 Å². The third kappa shape index (κ3) is 5.31. The number of aryl methyl sites for hydroxylation is 1. The first-order valence-electron chi connectivity index (χ1n) is 7.26. The molecule has 0 amide bonds. The molecule has 2 aromatic rings. The number of nitrogens with zero attached hydrogens (tertiary/aromatic N) is 1. The molecule has 0 saturated carbocycles. The average molecular weight is 323 g/mol. The van der Waals surface area contributed by atoms with Crippen LogP contribution >= 0.6 is 23.2 Å². The Hall–Kier alpha value is -1.09. The van der Waals surface area contributed by atoms with Crippen molar-refractivity contribution in [3.63, 3.8) is 0 Å². The second kappa shape index (κ2) is 8.38. The van der Waals surface area contributed by atoms with E-state index in [1.54, 1.807) is 0 Å². The number of benzene rings is 1. The maximum atomic E-state index is 6.08. The third-order valence-electron chi connectivity index (χ3n) is 3.43. The summed E-state index contributed by atoms with van der Waals surface area (Å²) in [5, 5.41) is 4.76. The minimum atomic E-state index is 0.411. The van der Waals surface area contributed by atoms with Crippen LogP contribution in [0.4, 0.5) is 0 Å². The molecule has 2 rings (SSSR count). The van der Waals surface area contributed by atoms with Crippen LogP contribution in [-0.2, 0) is 12.8 Å². The second-order valence-electron chi connectivity index (χ2n) is 5.07. The van der Waals surface area contributed by atoms with E-state index in [0.29, 0.717) is 16.1 Å². The Labute approximate surface area is 136 Å². The van der Waals surface area contributed by atoms with E-state index in [1.807, 2.05) is 36.5 Å². The van der Waals surface area contributed by atoms with Crippen molar-refractivity contribution in [3.05, 3.63) is 63.9 Å². The molecule has 1 atom stereocenters. The summed E-state index contributed by atoms with van der Waals surface area (Å²) in [5.41, 5.74) is 2.34. The molecule has 1 heterocycles. The summed E-state index contributed by atoms with van der Waals surface area (Å²) in [4.78, 5) is 4.38. The van der Waals surface area contributed by atoms with Gasteiger partial charge in [0.05, 0.1) is 10.0 Å². The van der Waals surface area contributed by atoms with Crippen LogP contribution in [0.5, 0.6) is 0 Å². The number of hydrogen-bond acceptors (Lipinski definition) is 2. The highest BCUT2D eigenvalue weighted by Crippen LogP contribution is 2.23. The van der Waals surface area contributed by atoms with Crippen molar-refractivity contribution in [2.24, 2.45) is 0 Å². The summed E-state index contributed by atoms with van der Waals surface area (Å²) in [5.74, 6) is 0. The zero-order valence-corrected chi connectivity index (χ0v) is 13.7. The predicted octanol–water partition coefficient (Wildman–Crippen LogP) is 4.54. The fraction of sp³-hybridized carbons (Fsp3) is 0.353. The molecule has 0 spiro atoms. The Morgan fingerprint density at radius 1 is 1.14 bits per heavy atom. The zero-order valence-electron chi connectivity index (χ0n) is 12.2. The number of aromatic nitrogens is 1. The maximum Gasteiger partial charge on any atom is 0.0595 e. The van der Waals surface area contributed by atoms with E-state index in [-0.39, 0.29) is 0 Å². The van der Waals surface area contributed by atoms with Gasteiger partial charge in [-0.2, -0.15) is 0 Å². The lowest BCUT2D eigenvalue weighted by Crippen LogP contribution is -2.31. The van der Waals surface area contributed by atoms with E-state index in [4.69, 9.17) is 23.2 Å². The van der Waals surface area contributed by atoms with Gasteiger partial charge in [0, 0.05) is 17.9 Å². The van der Waals surface area contributed by atoms with Gasteiger partial charge >= 0.3 is 0 Å². The number of hydrogen-bond donors (Lipinski definition) is 1. The minimum Gasteiger partial charge on any atom is -0.314 e. The Kier molecular flexibility index (Phi) is 6.50. The van der Waals surface area contributed by atoms with Crippen molar-refractivity contribution < 1.29 is 0 Å². The Balaban J connectivity index is 1.96. The summed E-state index contributed by atoms with van der Waals surface area (Å²) in [6.07, 6.45) is 4.80. The fourth-order valence-electron chi connectivity index (χ4n) is 2.38. The minimum absolute atomic E-state index is 0.411. The van der Waals surface area contributed by atoms with Crippen molar-refractivity contribution >= 4 is 23.2 Å². The number of pyridine rings is 1. The first-order valence-corrected chi connectivity index (χ1v) is 8.02. The lowest BCUT2D eigenvalue weighted by Gasteiger charge is -2.18. The molecule has 2 nitrogen and oxygen atoms in total. The second-order valence-corrected chi connectivity index (χ2v) is 5.88. The number of nitrogens with one attached hydrogen (secondary N) is 1. The SMILES string of the molecule is CCNC(CCc1ccccn1)Cc1ccc(Cl)c(Cl)c1. The molecule has 0 aliphatic rings. The van der Waals surface area contributed by atoms with Gasteiger partial charge in [0.2, 0.25) is 0 Å². The predicted molar refractivity (Wildman–Crippen MR) is 90.2 cm³/mol. The molecule has 1 aromatic carbocycles. The smallest absolute Gasteiger partial charge is 0.0595 e. The first-order chi connectivity index (χ1) is 10.2. The highest BCUT2D eigenvalue weighted by atomic mass is 35.5. The molecule has 1 aromatic heterocycles. The monoisotopic (exact) mass is 322 g/mol. The molecule has 21 heavy (non-hydrogen) atoms. The quantitative estimate of drug-likeness (QED) is 0.809. The van der Waals surface area contributed by atoms with Gasteiger partial charge in [0.25, 0.3) is 0 Å². The maximum absolute atomic E-state index is 6.08. The van der Waals surface area contributed by atoms with Crippen LogP contribution in [0, 0.1) is 0 Å². The Bertz CT molecular complexity index is 558. The largest absolute Gasteiger partial charge is 0.314 e. The van der Waals surface area contributed by atoms with Crippen LogP contribution in [0.25, 0.3) is 0 Å². The van der Waals surface area contributed by atoms with E-state index >= 15 is 0 Å². The number of halogens is 2. The molecule has 0 radical (unpaired) electrons. The van der Waals surface area contributed by atoms with Crippen molar-refractivity contribution in [1.29, 1.82) is 0 Å². The molecular formula is C17H20Cl2N2. The summed E-state index contributed by atoms with van der Waals surface area (Å²) >= 11 is 12.0. The van der Waals surface area contributed by atoms with Gasteiger partial charge in [-0.3, -0.25) is 4.98 Å². The summed E-state index contributed by atoms with van der Waals surface area (Å²) in [6.45, 7) is 3.08. The normalized spacial score (nSPS) is 12.3. The molecule has 1 N–H and O–H groups in total. The standard InChI is InChI=1S/C17H20Cl2N2/c1-2-20-15(8-7-14-5-3-4-10-21-14)11-13-6-9-16(18)17(19)12-13/h3-6,9-10,12,15,20H,2,7-8,11H2,1H3. The van der Waals surface area contributed by atoms with Crippen LogP contribution in [0.2, 0.25) is 10.0 Å². The van der Waals surface area contributed by atoms with Gasteiger partial charge in [-0.25, -0.2) is 0 Å². The van der Waals surface area contributed by atoms with Gasteiger partial charge in [0.1, 0.15) is 0 Å². The average Bonchev–Trinajstić information content (AvgIpc) is 2.50. The molecule has 1 unspecified atom stereocenters. The van der Waals surface area contributed by atoms with Crippen LogP contribution in [0.3, 0.4) is 0 Å². The topological polar surface area (TPSA) is 24.9 Å². The van der Waals surface area contributed by atoms with E-state index in [9.17, 15) is 0 Å². The number of likely N-dealkylation sites (N-methyl/N-ethyl adjacent to an activating group) is 1. The highest BCUT2D eigenvalue weighted by Gasteiger charge is 2.10. The lowest BCUT2D eigenvalue weighted by atomic mass is 10.0. The molecule has 0 aliphatic carbocycles. The van der Waals surface area contributed by atoms with Gasteiger partial charge in [0.15, 0.2) is 0 Å². The third-order valence-corrected chi connectivity index (χ3v) is 4.17. The van der Waals surface area contributed by atoms with Gasteiger partial charge < -0.3 is 5.32 Å². The van der Waals surface area contributed by atoms with Crippen molar-refractivity contribution in [2.45, 2.75) is 32.2 Å². The highest BCUT2D eigenvalue weighted by molar-refractivity contribution is 6.42. The van der Waals surface area contributed by atoms with Crippen LogP contribution in [0.15, 0.2) is 42.6 Å². The van der Waals surface area contributed by atoms with Gasteiger partial charge in [-0.1, -0.05) is 42.3 Å². The van der Waals surface area contributed by atoms with Crippen molar-refractivity contribution in [3.8, 4) is 0 Å². The summed E-state index contributed by atoms with van der Waals surface area (Å²) in [6, 6.07) is 12.3. The van der Waals surface area contributed by atoms with E-state index < -0.39 is 0 Å². The molecule has 0 saturated heterocycles. The molecule has 0 bridgehead atoms. The lowest BCUT2D eigenvalue weighted by molar-refractivity contribution is 0.489. The van der Waals surface area contributed by atoms with Gasteiger partial charge in [-0.15, -0.1) is 0 Å². The Morgan fingerprint density at radius 2 is 2.00 bits per heavy atom. The van der Waals surface area contributed by atoms with Crippen molar-refractivity contribution in [1.82, 2.24) is 10.3 Å². The Morgan fingerprint density at radius 3 is 2.67 bits per heavy atom. The summed E-state index contributed by atoms with van der Waals surface area (Å²) in [7, 11) is 0. The van der Waals surface area contributed by atoms with Crippen LogP contribution < -0.4 is 5.32 Å². The van der Waals surface area contributed by atoms with E-state index in [1.165, 1.54) is 5.56 Å². The molecule has 0 fully saturated rings. The van der Waals surface area contributed by atoms with Gasteiger partial charge in [-0.05, 0) is 55.6 Å². The molecule has 0 aliphatic heterocycles. The molecule has 4 heteroatoms. The first kappa shape index (κ1) is 16.3.